The van der Waals surface area contributed by atoms with Crippen molar-refractivity contribution in [2.24, 2.45) is 5.73 Å². The normalized spacial score (nSPS) is 16.1. The van der Waals surface area contributed by atoms with Crippen molar-refractivity contribution in [3.8, 4) is 11.1 Å². The first-order valence-corrected chi connectivity index (χ1v) is 12.5. The Morgan fingerprint density at radius 3 is 2.52 bits per heavy atom. The molecule has 1 aromatic heterocycles. The summed E-state index contributed by atoms with van der Waals surface area (Å²) in [6, 6.07) is 12.6. The van der Waals surface area contributed by atoms with Crippen molar-refractivity contribution >= 4 is 21.1 Å². The van der Waals surface area contributed by atoms with E-state index in [1.54, 1.807) is 24.3 Å². The largest absolute Gasteiger partial charge is 0.379 e. The second-order valence-electron chi connectivity index (χ2n) is 8.31. The number of benzene rings is 2. The van der Waals surface area contributed by atoms with Gasteiger partial charge >= 0.3 is 0 Å². The number of fused-ring (bicyclic) bond motifs is 1. The number of halogens is 1. The molecule has 1 saturated heterocycles. The first kappa shape index (κ1) is 23.6. The summed E-state index contributed by atoms with van der Waals surface area (Å²) in [6.45, 7) is 5.77. The number of allylic oxidation sites excluding steroid dienone is 1. The van der Waals surface area contributed by atoms with Gasteiger partial charge in [0.05, 0.1) is 35.7 Å². The van der Waals surface area contributed by atoms with Crippen molar-refractivity contribution in [2.45, 2.75) is 31.2 Å². The van der Waals surface area contributed by atoms with Crippen LogP contribution in [0.4, 0.5) is 4.39 Å². The zero-order valence-corrected chi connectivity index (χ0v) is 19.7. The number of nitrogens with two attached hydrogens (primary N) is 1. The van der Waals surface area contributed by atoms with Crippen molar-refractivity contribution in [3.05, 3.63) is 60.2 Å². The summed E-state index contributed by atoms with van der Waals surface area (Å²) in [5, 5.41) is 0. The molecule has 4 rings (SSSR count). The van der Waals surface area contributed by atoms with Crippen LogP contribution in [0.1, 0.15) is 25.6 Å². The van der Waals surface area contributed by atoms with Crippen molar-refractivity contribution in [1.29, 1.82) is 0 Å². The average molecular weight is 473 g/mol. The van der Waals surface area contributed by atoms with Gasteiger partial charge in [-0.1, -0.05) is 38.1 Å². The number of hydrogen-bond donors (Lipinski definition) is 1. The van der Waals surface area contributed by atoms with E-state index in [2.05, 4.69) is 0 Å². The molecule has 0 unspecified atom stereocenters. The predicted molar refractivity (Wildman–Crippen MR) is 127 cm³/mol. The third kappa shape index (κ3) is 4.72. The number of para-hydroxylation sites is 1. The van der Waals surface area contributed by atoms with Gasteiger partial charge in [-0.3, -0.25) is 0 Å². The van der Waals surface area contributed by atoms with Gasteiger partial charge < -0.3 is 15.0 Å². The highest BCUT2D eigenvalue weighted by molar-refractivity contribution is 7.89. The Morgan fingerprint density at radius 2 is 1.88 bits per heavy atom. The molecule has 0 saturated carbocycles. The van der Waals surface area contributed by atoms with Gasteiger partial charge in [0.2, 0.25) is 10.0 Å². The highest BCUT2D eigenvalue weighted by atomic mass is 32.2. The van der Waals surface area contributed by atoms with E-state index < -0.39 is 10.0 Å². The molecule has 1 aliphatic heterocycles. The maximum atomic E-state index is 14.3. The number of hydrogen-bond acceptors (Lipinski definition) is 5. The quantitative estimate of drug-likeness (QED) is 0.567. The Balaban J connectivity index is 1.73. The summed E-state index contributed by atoms with van der Waals surface area (Å²) in [5.74, 6) is 0.572. The standard InChI is InChI=1S/C24H29FN4O3S/c1-17(2)24-27-23-21(4-3-5-22(23)29(24)16-19(25)10-11-26)18-6-8-20(9-7-18)33(30,31)28-12-14-32-15-13-28/h3-10,17H,11-16,26H2,1-2H3/b19-10-. The van der Waals surface area contributed by atoms with Crippen LogP contribution in [0.5, 0.6) is 0 Å². The molecule has 2 heterocycles. The number of sulfonamides is 1. The molecule has 7 nitrogen and oxygen atoms in total. The molecule has 2 aromatic carbocycles. The molecular formula is C24H29FN4O3S. The molecule has 9 heteroatoms. The molecule has 3 aromatic rings. The first-order chi connectivity index (χ1) is 15.8. The fourth-order valence-corrected chi connectivity index (χ4v) is 5.50. The van der Waals surface area contributed by atoms with Crippen molar-refractivity contribution in [1.82, 2.24) is 13.9 Å². The van der Waals surface area contributed by atoms with Crippen LogP contribution in [-0.2, 0) is 21.3 Å². The minimum Gasteiger partial charge on any atom is -0.379 e. The lowest BCUT2D eigenvalue weighted by Gasteiger charge is -2.26. The maximum absolute atomic E-state index is 14.3. The Labute approximate surface area is 193 Å². The van der Waals surface area contributed by atoms with Crippen LogP contribution in [0.3, 0.4) is 0 Å². The van der Waals surface area contributed by atoms with E-state index in [0.29, 0.717) is 26.3 Å². The highest BCUT2D eigenvalue weighted by Crippen LogP contribution is 2.32. The zero-order valence-electron chi connectivity index (χ0n) is 18.9. The van der Waals surface area contributed by atoms with Crippen LogP contribution in [-0.4, -0.2) is 55.1 Å². The minimum absolute atomic E-state index is 0.0708. The van der Waals surface area contributed by atoms with Gasteiger partial charge in [-0.15, -0.1) is 0 Å². The van der Waals surface area contributed by atoms with Gasteiger partial charge in [0, 0.05) is 31.1 Å². The van der Waals surface area contributed by atoms with Crippen LogP contribution in [0.25, 0.3) is 22.2 Å². The summed E-state index contributed by atoms with van der Waals surface area (Å²) >= 11 is 0. The summed E-state index contributed by atoms with van der Waals surface area (Å²) in [4.78, 5) is 5.10. The molecular weight excluding hydrogens is 443 g/mol. The molecule has 0 atom stereocenters. The number of morpholine rings is 1. The van der Waals surface area contributed by atoms with E-state index in [1.807, 2.05) is 36.6 Å². The van der Waals surface area contributed by atoms with Crippen LogP contribution in [0.2, 0.25) is 0 Å². The Kier molecular flexibility index (Phi) is 6.94. The van der Waals surface area contributed by atoms with Gasteiger partial charge in [-0.05, 0) is 29.8 Å². The van der Waals surface area contributed by atoms with E-state index in [1.165, 1.54) is 10.4 Å². The Morgan fingerprint density at radius 1 is 1.18 bits per heavy atom. The number of rotatable bonds is 7. The molecule has 0 radical (unpaired) electrons. The first-order valence-electron chi connectivity index (χ1n) is 11.0. The average Bonchev–Trinajstić information content (AvgIpc) is 3.18. The molecule has 33 heavy (non-hydrogen) atoms. The van der Waals surface area contributed by atoms with Gasteiger partial charge in [0.25, 0.3) is 0 Å². The number of ether oxygens (including phenoxy) is 1. The highest BCUT2D eigenvalue weighted by Gasteiger charge is 2.26. The molecule has 2 N–H and O–H groups in total. The van der Waals surface area contributed by atoms with E-state index in [4.69, 9.17) is 15.5 Å². The molecule has 0 amide bonds. The van der Waals surface area contributed by atoms with Crippen molar-refractivity contribution in [3.63, 3.8) is 0 Å². The lowest BCUT2D eigenvalue weighted by atomic mass is 10.0. The summed E-state index contributed by atoms with van der Waals surface area (Å²) in [6.07, 6.45) is 1.37. The van der Waals surface area contributed by atoms with Crippen molar-refractivity contribution in [2.75, 3.05) is 32.8 Å². The molecule has 176 valence electrons. The second-order valence-corrected chi connectivity index (χ2v) is 10.2. The molecule has 0 aliphatic carbocycles. The van der Waals surface area contributed by atoms with Gasteiger partial charge in [-0.25, -0.2) is 17.8 Å². The third-order valence-corrected chi connectivity index (χ3v) is 7.66. The number of imidazole rings is 1. The second kappa shape index (κ2) is 9.72. The van der Waals surface area contributed by atoms with Crippen molar-refractivity contribution < 1.29 is 17.5 Å². The summed E-state index contributed by atoms with van der Waals surface area (Å²) in [7, 11) is -3.56. The molecule has 1 aliphatic rings. The molecule has 0 spiro atoms. The topological polar surface area (TPSA) is 90.5 Å². The smallest absolute Gasteiger partial charge is 0.243 e. The van der Waals surface area contributed by atoms with Gasteiger partial charge in [0.15, 0.2) is 0 Å². The summed E-state index contributed by atoms with van der Waals surface area (Å²) < 4.78 is 48.8. The van der Waals surface area contributed by atoms with Crippen LogP contribution in [0.15, 0.2) is 59.3 Å². The molecule has 1 fully saturated rings. The maximum Gasteiger partial charge on any atom is 0.243 e. The SMILES string of the molecule is CC(C)c1nc2c(-c3ccc(S(=O)(=O)N4CCOCC4)cc3)cccc2n1C/C(F)=C/CN. The number of aromatic nitrogens is 2. The minimum atomic E-state index is -3.56. The van der Waals surface area contributed by atoms with Gasteiger partial charge in [-0.2, -0.15) is 4.31 Å². The monoisotopic (exact) mass is 472 g/mol. The number of nitrogens with zero attached hydrogens (tertiary/aromatic N) is 3. The Hall–Kier alpha value is -2.59. The fraction of sp³-hybridized carbons (Fsp3) is 0.375. The predicted octanol–water partition coefficient (Wildman–Crippen LogP) is 3.66. The fourth-order valence-electron chi connectivity index (χ4n) is 4.09. The Bertz CT molecular complexity index is 1260. The van der Waals surface area contributed by atoms with E-state index >= 15 is 0 Å². The van der Waals surface area contributed by atoms with Crippen LogP contribution < -0.4 is 5.73 Å². The zero-order chi connectivity index (χ0) is 23.6. The summed E-state index contributed by atoms with van der Waals surface area (Å²) in [5.41, 5.74) is 8.76. The van der Waals surface area contributed by atoms with Gasteiger partial charge in [0.1, 0.15) is 11.7 Å². The third-order valence-electron chi connectivity index (χ3n) is 5.75. The lowest BCUT2D eigenvalue weighted by molar-refractivity contribution is 0.0730. The van der Waals surface area contributed by atoms with Crippen LogP contribution in [0, 0.1) is 0 Å². The van der Waals surface area contributed by atoms with E-state index in [0.717, 1.165) is 28.0 Å². The van der Waals surface area contributed by atoms with Crippen LogP contribution >= 0.6 is 0 Å². The lowest BCUT2D eigenvalue weighted by Crippen LogP contribution is -2.40. The molecule has 0 bridgehead atoms. The van der Waals surface area contributed by atoms with E-state index in [-0.39, 0.29) is 29.7 Å². The van der Waals surface area contributed by atoms with E-state index in [9.17, 15) is 12.8 Å².